The summed E-state index contributed by atoms with van der Waals surface area (Å²) in [7, 11) is 0. The van der Waals surface area contributed by atoms with Gasteiger partial charge in [-0.3, -0.25) is 0 Å². The van der Waals surface area contributed by atoms with Crippen LogP contribution in [0.3, 0.4) is 0 Å². The molecule has 1 saturated carbocycles. The molecule has 2 fully saturated rings. The Bertz CT molecular complexity index is 122. The van der Waals surface area contributed by atoms with E-state index in [1.807, 2.05) is 0 Å². The minimum atomic E-state index is 0.958. The molecule has 1 heterocycles. The first-order valence-electron chi connectivity index (χ1n) is 4.52. The fraction of sp³-hybridized carbons (Fsp3) is 1.00. The van der Waals surface area contributed by atoms with Crippen molar-refractivity contribution in [1.29, 1.82) is 0 Å². The van der Waals surface area contributed by atoms with Gasteiger partial charge in [0.05, 0.1) is 0 Å². The molecule has 3 atom stereocenters. The molecule has 0 nitrogen and oxygen atoms in total. The predicted octanol–water partition coefficient (Wildman–Crippen LogP) is 3.07. The number of hydrogen-bond acceptors (Lipinski definition) is 1. The highest BCUT2D eigenvalue weighted by Gasteiger charge is 2.32. The minimum Gasteiger partial charge on any atom is -0.155 e. The maximum absolute atomic E-state index is 2.39. The molecule has 0 spiro atoms. The summed E-state index contributed by atoms with van der Waals surface area (Å²) in [6, 6.07) is 0. The van der Waals surface area contributed by atoms with E-state index in [-0.39, 0.29) is 0 Å². The summed E-state index contributed by atoms with van der Waals surface area (Å²) in [5.41, 5.74) is 0. The first-order chi connectivity index (χ1) is 4.86. The quantitative estimate of drug-likeness (QED) is 0.519. The molecule has 0 radical (unpaired) electrons. The topological polar surface area (TPSA) is 0 Å². The summed E-state index contributed by atoms with van der Waals surface area (Å²) >= 11 is 2.26. The van der Waals surface area contributed by atoms with Gasteiger partial charge in [-0.05, 0) is 31.6 Å². The normalized spacial score (nSPS) is 47.1. The zero-order valence-electron chi connectivity index (χ0n) is 6.68. The fourth-order valence-corrected chi connectivity index (χ4v) is 3.99. The van der Waals surface area contributed by atoms with Crippen LogP contribution in [-0.4, -0.2) is 10.5 Å². The Morgan fingerprint density at radius 2 is 2.00 bits per heavy atom. The van der Waals surface area contributed by atoms with Gasteiger partial charge in [-0.1, -0.05) is 13.3 Å². The van der Waals surface area contributed by atoms with Crippen LogP contribution >= 0.6 is 11.8 Å². The third-order valence-electron chi connectivity index (χ3n) is 2.94. The van der Waals surface area contributed by atoms with Gasteiger partial charge in [-0.2, -0.15) is 11.8 Å². The lowest BCUT2D eigenvalue weighted by atomic mass is 10.00. The Balaban J connectivity index is 1.96. The van der Waals surface area contributed by atoms with Crippen LogP contribution in [0.2, 0.25) is 0 Å². The summed E-state index contributed by atoms with van der Waals surface area (Å²) in [6.45, 7) is 2.39. The van der Waals surface area contributed by atoms with E-state index in [1.165, 1.54) is 32.1 Å². The Morgan fingerprint density at radius 1 is 1.10 bits per heavy atom. The van der Waals surface area contributed by atoms with Crippen LogP contribution in [0.25, 0.3) is 0 Å². The number of rotatable bonds is 0. The van der Waals surface area contributed by atoms with Crippen molar-refractivity contribution in [2.75, 3.05) is 0 Å². The van der Waals surface area contributed by atoms with Gasteiger partial charge in [0.2, 0.25) is 0 Å². The number of thioether (sulfide) groups is 1. The molecule has 0 aromatic heterocycles. The van der Waals surface area contributed by atoms with Gasteiger partial charge in [-0.25, -0.2) is 0 Å². The van der Waals surface area contributed by atoms with Crippen molar-refractivity contribution < 1.29 is 0 Å². The Labute approximate surface area is 67.8 Å². The Kier molecular flexibility index (Phi) is 1.94. The molecule has 0 amide bonds. The first-order valence-corrected chi connectivity index (χ1v) is 5.46. The smallest absolute Gasteiger partial charge is 0.00780 e. The summed E-state index contributed by atoms with van der Waals surface area (Å²) in [5.74, 6) is 1.11. The average Bonchev–Trinajstić information content (AvgIpc) is 2.33. The van der Waals surface area contributed by atoms with Crippen LogP contribution in [0.4, 0.5) is 0 Å². The summed E-state index contributed by atoms with van der Waals surface area (Å²) in [5, 5.41) is 2.02. The number of fused-ring (bicyclic) bond motifs is 1. The van der Waals surface area contributed by atoms with Crippen LogP contribution in [0.5, 0.6) is 0 Å². The Morgan fingerprint density at radius 3 is 2.90 bits per heavy atom. The maximum atomic E-state index is 2.39. The average molecular weight is 156 g/mol. The van der Waals surface area contributed by atoms with E-state index >= 15 is 0 Å². The van der Waals surface area contributed by atoms with Gasteiger partial charge >= 0.3 is 0 Å². The van der Waals surface area contributed by atoms with Gasteiger partial charge in [0.1, 0.15) is 0 Å². The molecule has 1 heteroatoms. The highest BCUT2D eigenvalue weighted by Crippen LogP contribution is 2.44. The highest BCUT2D eigenvalue weighted by atomic mass is 32.2. The molecule has 10 heavy (non-hydrogen) atoms. The Hall–Kier alpha value is 0.350. The van der Waals surface area contributed by atoms with E-state index in [9.17, 15) is 0 Å². The lowest BCUT2D eigenvalue weighted by Crippen LogP contribution is -2.20. The third-order valence-corrected chi connectivity index (χ3v) is 4.61. The van der Waals surface area contributed by atoms with Gasteiger partial charge in [0.15, 0.2) is 0 Å². The molecule has 3 unspecified atom stereocenters. The number of hydrogen-bond donors (Lipinski definition) is 0. The SMILES string of the molecule is CC1CCC2CCCC2S1. The van der Waals surface area contributed by atoms with Crippen molar-refractivity contribution in [3.63, 3.8) is 0 Å². The molecule has 0 bridgehead atoms. The van der Waals surface area contributed by atoms with Crippen molar-refractivity contribution >= 4 is 11.8 Å². The van der Waals surface area contributed by atoms with Crippen molar-refractivity contribution in [2.45, 2.75) is 49.5 Å². The highest BCUT2D eigenvalue weighted by molar-refractivity contribution is 8.00. The van der Waals surface area contributed by atoms with Crippen LogP contribution in [0.1, 0.15) is 39.0 Å². The molecule has 0 aromatic carbocycles. The lowest BCUT2D eigenvalue weighted by Gasteiger charge is -2.29. The van der Waals surface area contributed by atoms with E-state index in [2.05, 4.69) is 18.7 Å². The van der Waals surface area contributed by atoms with Crippen LogP contribution in [0.15, 0.2) is 0 Å². The summed E-state index contributed by atoms with van der Waals surface area (Å²) in [4.78, 5) is 0. The summed E-state index contributed by atoms with van der Waals surface area (Å²) in [6.07, 6.45) is 7.56. The second-order valence-corrected chi connectivity index (χ2v) is 5.44. The zero-order valence-corrected chi connectivity index (χ0v) is 7.49. The van der Waals surface area contributed by atoms with Crippen molar-refractivity contribution in [3.8, 4) is 0 Å². The van der Waals surface area contributed by atoms with Crippen molar-refractivity contribution in [1.82, 2.24) is 0 Å². The zero-order chi connectivity index (χ0) is 6.97. The predicted molar refractivity (Wildman–Crippen MR) is 47.4 cm³/mol. The minimum absolute atomic E-state index is 0.958. The molecule has 1 aliphatic heterocycles. The van der Waals surface area contributed by atoms with E-state index in [1.54, 1.807) is 0 Å². The lowest BCUT2D eigenvalue weighted by molar-refractivity contribution is 0.473. The molecule has 1 aliphatic carbocycles. The van der Waals surface area contributed by atoms with Gasteiger partial charge in [0, 0.05) is 10.5 Å². The van der Waals surface area contributed by atoms with Crippen LogP contribution < -0.4 is 0 Å². The molecular formula is C9H16S. The van der Waals surface area contributed by atoms with E-state index in [0.717, 1.165) is 16.4 Å². The molecule has 2 rings (SSSR count). The second-order valence-electron chi connectivity index (χ2n) is 3.75. The third kappa shape index (κ3) is 1.20. The largest absolute Gasteiger partial charge is 0.155 e. The van der Waals surface area contributed by atoms with Crippen molar-refractivity contribution in [3.05, 3.63) is 0 Å². The molecule has 0 N–H and O–H groups in total. The van der Waals surface area contributed by atoms with E-state index in [0.29, 0.717) is 0 Å². The van der Waals surface area contributed by atoms with Gasteiger partial charge in [-0.15, -0.1) is 0 Å². The molecule has 58 valence electrons. The molecule has 2 aliphatic rings. The molecule has 0 aromatic rings. The van der Waals surface area contributed by atoms with Gasteiger partial charge in [0.25, 0.3) is 0 Å². The van der Waals surface area contributed by atoms with E-state index in [4.69, 9.17) is 0 Å². The summed E-state index contributed by atoms with van der Waals surface area (Å²) < 4.78 is 0. The fourth-order valence-electron chi connectivity index (χ4n) is 2.33. The standard InChI is InChI=1S/C9H16S/c1-7-5-6-8-3-2-4-9(8)10-7/h7-9H,2-6H2,1H3. The second kappa shape index (κ2) is 2.77. The molecular weight excluding hydrogens is 140 g/mol. The monoisotopic (exact) mass is 156 g/mol. The van der Waals surface area contributed by atoms with Crippen LogP contribution in [0, 0.1) is 5.92 Å². The van der Waals surface area contributed by atoms with Crippen LogP contribution in [-0.2, 0) is 0 Å². The van der Waals surface area contributed by atoms with E-state index < -0.39 is 0 Å². The van der Waals surface area contributed by atoms with Crippen molar-refractivity contribution in [2.24, 2.45) is 5.92 Å². The maximum Gasteiger partial charge on any atom is 0.00780 e. The van der Waals surface area contributed by atoms with Gasteiger partial charge < -0.3 is 0 Å². The molecule has 1 saturated heterocycles. The first kappa shape index (κ1) is 7.02.